The molecule has 0 aliphatic heterocycles. The van der Waals surface area contributed by atoms with Crippen LogP contribution in [0.1, 0.15) is 58.1 Å². The molecule has 1 aromatic carbocycles. The molecule has 0 saturated heterocycles. The Hall–Kier alpha value is -1.39. The van der Waals surface area contributed by atoms with E-state index in [4.69, 9.17) is 10.5 Å². The van der Waals surface area contributed by atoms with E-state index in [9.17, 15) is 4.79 Å². The molecule has 0 fully saturated rings. The topological polar surface area (TPSA) is 64.3 Å². The first-order chi connectivity index (χ1) is 10.3. The molecule has 0 aliphatic rings. The van der Waals surface area contributed by atoms with Crippen molar-refractivity contribution >= 4 is 5.97 Å². The maximum absolute atomic E-state index is 12.2. The van der Waals surface area contributed by atoms with E-state index in [1.807, 2.05) is 13.8 Å². The highest BCUT2D eigenvalue weighted by Crippen LogP contribution is 2.17. The van der Waals surface area contributed by atoms with Crippen LogP contribution in [0.15, 0.2) is 24.3 Å². The Bertz CT molecular complexity index is 468. The number of ether oxygens (including phenoxy) is 1. The van der Waals surface area contributed by atoms with E-state index in [0.717, 1.165) is 5.56 Å². The van der Waals surface area contributed by atoms with Crippen molar-refractivity contribution in [3.05, 3.63) is 35.4 Å². The van der Waals surface area contributed by atoms with Crippen LogP contribution in [0.2, 0.25) is 0 Å². The van der Waals surface area contributed by atoms with E-state index in [1.54, 1.807) is 6.92 Å². The molecular formula is C18H30N2O2. The monoisotopic (exact) mass is 306 g/mol. The Morgan fingerprint density at radius 1 is 1.23 bits per heavy atom. The lowest BCUT2D eigenvalue weighted by atomic mass is 9.97. The van der Waals surface area contributed by atoms with E-state index < -0.39 is 5.66 Å². The molecule has 0 bridgehead atoms. The summed E-state index contributed by atoms with van der Waals surface area (Å²) in [4.78, 5) is 12.2. The number of hydrogen-bond donors (Lipinski definition) is 2. The van der Waals surface area contributed by atoms with Crippen molar-refractivity contribution < 1.29 is 9.53 Å². The zero-order chi connectivity index (χ0) is 16.8. The fourth-order valence-corrected chi connectivity index (χ4v) is 2.41. The molecule has 0 spiro atoms. The molecule has 0 aliphatic carbocycles. The third kappa shape index (κ3) is 5.43. The maximum atomic E-state index is 12.2. The standard InChI is InChI=1S/C18H30N2O2/c1-6-22-17(21)18(19,11-13(2)3)20-12-15-7-9-16(10-8-15)14(4)5/h7-10,13-14,20H,6,11-12,19H2,1-5H3. The molecule has 4 nitrogen and oxygen atoms in total. The van der Waals surface area contributed by atoms with Crippen LogP contribution in [-0.2, 0) is 16.1 Å². The minimum Gasteiger partial charge on any atom is -0.464 e. The van der Waals surface area contributed by atoms with Crippen LogP contribution in [0.25, 0.3) is 0 Å². The van der Waals surface area contributed by atoms with Gasteiger partial charge >= 0.3 is 5.97 Å². The average Bonchev–Trinajstić information content (AvgIpc) is 2.45. The van der Waals surface area contributed by atoms with E-state index in [0.29, 0.717) is 31.4 Å². The molecule has 124 valence electrons. The summed E-state index contributed by atoms with van der Waals surface area (Å²) in [5, 5.41) is 3.18. The van der Waals surface area contributed by atoms with Crippen LogP contribution in [0, 0.1) is 5.92 Å². The third-order valence-electron chi connectivity index (χ3n) is 3.62. The Kier molecular flexibility index (Phi) is 7.04. The van der Waals surface area contributed by atoms with Gasteiger partial charge in [0.15, 0.2) is 5.66 Å². The number of carbonyl (C=O) groups excluding carboxylic acids is 1. The Labute approximate surface area is 134 Å². The summed E-state index contributed by atoms with van der Waals surface area (Å²) in [5.41, 5.74) is 7.54. The zero-order valence-corrected chi connectivity index (χ0v) is 14.5. The van der Waals surface area contributed by atoms with Gasteiger partial charge in [0.25, 0.3) is 0 Å². The highest BCUT2D eigenvalue weighted by atomic mass is 16.5. The number of rotatable bonds is 8. The predicted octanol–water partition coefficient (Wildman–Crippen LogP) is 3.16. The normalized spacial score (nSPS) is 14.2. The summed E-state index contributed by atoms with van der Waals surface area (Å²) in [6.45, 7) is 11.1. The third-order valence-corrected chi connectivity index (χ3v) is 3.62. The minimum atomic E-state index is -1.14. The molecule has 3 N–H and O–H groups in total. The Morgan fingerprint density at radius 2 is 1.82 bits per heavy atom. The van der Waals surface area contributed by atoms with Gasteiger partial charge in [-0.05, 0) is 36.3 Å². The van der Waals surface area contributed by atoms with Crippen molar-refractivity contribution in [2.45, 2.75) is 59.2 Å². The molecule has 0 amide bonds. The van der Waals surface area contributed by atoms with Crippen LogP contribution in [0.5, 0.6) is 0 Å². The van der Waals surface area contributed by atoms with Crippen molar-refractivity contribution in [1.29, 1.82) is 0 Å². The summed E-state index contributed by atoms with van der Waals surface area (Å²) < 4.78 is 5.12. The molecule has 1 atom stereocenters. The average molecular weight is 306 g/mol. The Morgan fingerprint density at radius 3 is 2.27 bits per heavy atom. The Balaban J connectivity index is 2.75. The van der Waals surface area contributed by atoms with Gasteiger partial charge in [0.05, 0.1) is 6.61 Å². The minimum absolute atomic E-state index is 0.297. The number of nitrogens with one attached hydrogen (secondary N) is 1. The molecule has 0 heterocycles. The van der Waals surface area contributed by atoms with Crippen LogP contribution in [0.4, 0.5) is 0 Å². The van der Waals surface area contributed by atoms with Gasteiger partial charge in [-0.15, -0.1) is 0 Å². The van der Waals surface area contributed by atoms with Gasteiger partial charge in [-0.2, -0.15) is 0 Å². The first-order valence-corrected chi connectivity index (χ1v) is 8.08. The van der Waals surface area contributed by atoms with Gasteiger partial charge < -0.3 is 10.5 Å². The van der Waals surface area contributed by atoms with Crippen molar-refractivity contribution in [3.63, 3.8) is 0 Å². The number of benzene rings is 1. The van der Waals surface area contributed by atoms with Crippen molar-refractivity contribution in [2.75, 3.05) is 6.61 Å². The van der Waals surface area contributed by atoms with Gasteiger partial charge in [0.1, 0.15) is 0 Å². The second-order valence-electron chi connectivity index (χ2n) is 6.54. The summed E-state index contributed by atoms with van der Waals surface area (Å²) in [7, 11) is 0. The predicted molar refractivity (Wildman–Crippen MR) is 90.4 cm³/mol. The molecule has 22 heavy (non-hydrogen) atoms. The summed E-state index contributed by atoms with van der Waals surface area (Å²) in [6.07, 6.45) is 0.538. The lowest BCUT2D eigenvalue weighted by Gasteiger charge is -2.30. The van der Waals surface area contributed by atoms with Crippen LogP contribution >= 0.6 is 0 Å². The maximum Gasteiger partial charge on any atom is 0.341 e. The van der Waals surface area contributed by atoms with E-state index in [1.165, 1.54) is 5.56 Å². The molecular weight excluding hydrogens is 276 g/mol. The van der Waals surface area contributed by atoms with Gasteiger partial charge in [-0.25, -0.2) is 4.79 Å². The smallest absolute Gasteiger partial charge is 0.341 e. The number of nitrogens with two attached hydrogens (primary N) is 1. The second kappa shape index (κ2) is 8.30. The lowest BCUT2D eigenvalue weighted by Crippen LogP contribution is -2.60. The largest absolute Gasteiger partial charge is 0.464 e. The van der Waals surface area contributed by atoms with E-state index >= 15 is 0 Å². The summed E-state index contributed by atoms with van der Waals surface area (Å²) in [6, 6.07) is 8.38. The first kappa shape index (κ1) is 18.7. The van der Waals surface area contributed by atoms with Gasteiger partial charge in [-0.3, -0.25) is 5.32 Å². The van der Waals surface area contributed by atoms with Gasteiger partial charge in [-0.1, -0.05) is 52.0 Å². The number of carbonyl (C=O) groups is 1. The second-order valence-corrected chi connectivity index (χ2v) is 6.54. The van der Waals surface area contributed by atoms with Gasteiger partial charge in [0.2, 0.25) is 0 Å². The fourth-order valence-electron chi connectivity index (χ4n) is 2.41. The van der Waals surface area contributed by atoms with E-state index in [2.05, 4.69) is 43.4 Å². The number of hydrogen-bond acceptors (Lipinski definition) is 4. The quantitative estimate of drug-likeness (QED) is 0.572. The van der Waals surface area contributed by atoms with Crippen LogP contribution in [0.3, 0.4) is 0 Å². The molecule has 0 radical (unpaired) electrons. The molecule has 1 unspecified atom stereocenters. The molecule has 1 aromatic rings. The van der Waals surface area contributed by atoms with Crippen molar-refractivity contribution in [1.82, 2.24) is 5.32 Å². The van der Waals surface area contributed by atoms with Crippen LogP contribution < -0.4 is 11.1 Å². The molecule has 0 aromatic heterocycles. The van der Waals surface area contributed by atoms with Crippen molar-refractivity contribution in [2.24, 2.45) is 11.7 Å². The van der Waals surface area contributed by atoms with E-state index in [-0.39, 0.29) is 5.97 Å². The number of esters is 1. The highest BCUT2D eigenvalue weighted by molar-refractivity contribution is 5.80. The van der Waals surface area contributed by atoms with Gasteiger partial charge in [0, 0.05) is 6.54 Å². The fraction of sp³-hybridized carbons (Fsp3) is 0.611. The van der Waals surface area contributed by atoms with Crippen molar-refractivity contribution in [3.8, 4) is 0 Å². The lowest BCUT2D eigenvalue weighted by molar-refractivity contribution is -0.152. The molecule has 1 rings (SSSR count). The summed E-state index contributed by atoms with van der Waals surface area (Å²) in [5.74, 6) is 0.420. The van der Waals surface area contributed by atoms with Crippen LogP contribution in [-0.4, -0.2) is 18.2 Å². The highest BCUT2D eigenvalue weighted by Gasteiger charge is 2.35. The summed E-state index contributed by atoms with van der Waals surface area (Å²) >= 11 is 0. The first-order valence-electron chi connectivity index (χ1n) is 8.08. The molecule has 0 saturated carbocycles. The SMILES string of the molecule is CCOC(=O)C(N)(CC(C)C)NCc1ccc(C(C)C)cc1. The zero-order valence-electron chi connectivity index (χ0n) is 14.5. The molecule has 4 heteroatoms.